The van der Waals surface area contributed by atoms with E-state index in [4.69, 9.17) is 25.8 Å². The molecule has 2 amide bonds. The number of carbonyl (C=O) groups is 3. The summed E-state index contributed by atoms with van der Waals surface area (Å²) in [7, 11) is 0.731. The van der Waals surface area contributed by atoms with Crippen LogP contribution in [0.4, 0.5) is 28.2 Å². The second kappa shape index (κ2) is 13.0. The number of nitrogens with zero attached hydrogens (tertiary/aromatic N) is 3. The molecule has 37 heavy (non-hydrogen) atoms. The van der Waals surface area contributed by atoms with Gasteiger partial charge >= 0.3 is 12.2 Å². The van der Waals surface area contributed by atoms with E-state index in [1.807, 2.05) is 5.32 Å². The number of ketones is 2. The molecule has 200 valence electrons. The van der Waals surface area contributed by atoms with Crippen LogP contribution in [0.25, 0.3) is 0 Å². The minimum atomic E-state index is -5.06. The zero-order chi connectivity index (χ0) is 27.8. The van der Waals surface area contributed by atoms with Crippen LogP contribution in [0.5, 0.6) is 17.5 Å². The Balaban J connectivity index is 2.26. The molecule has 0 unspecified atom stereocenters. The Morgan fingerprint density at radius 1 is 1.22 bits per heavy atom. The Kier molecular flexibility index (Phi) is 10.3. The van der Waals surface area contributed by atoms with Crippen molar-refractivity contribution in [1.29, 1.82) is 0 Å². The third-order valence-electron chi connectivity index (χ3n) is 4.20. The van der Waals surface area contributed by atoms with Gasteiger partial charge in [0.2, 0.25) is 5.88 Å². The van der Waals surface area contributed by atoms with E-state index >= 15 is 0 Å². The molecule has 0 fully saturated rings. The summed E-state index contributed by atoms with van der Waals surface area (Å²) in [4.78, 5) is 43.1. The lowest BCUT2D eigenvalue weighted by molar-refractivity contribution is -0.125. The predicted molar refractivity (Wildman–Crippen MR) is 122 cm³/mol. The Bertz CT molecular complexity index is 1190. The molecule has 0 spiro atoms. The van der Waals surface area contributed by atoms with Gasteiger partial charge < -0.3 is 14.2 Å². The van der Waals surface area contributed by atoms with Gasteiger partial charge in [0.25, 0.3) is 5.88 Å². The van der Waals surface area contributed by atoms with Gasteiger partial charge in [-0.3, -0.25) is 19.8 Å². The van der Waals surface area contributed by atoms with Gasteiger partial charge in [0, 0.05) is 32.0 Å². The monoisotopic (exact) mass is 548 g/mol. The molecule has 0 saturated carbocycles. The Labute approximate surface area is 213 Å². The van der Waals surface area contributed by atoms with Gasteiger partial charge in [-0.05, 0) is 26.0 Å². The molecule has 2 heterocycles. The van der Waals surface area contributed by atoms with E-state index in [-0.39, 0.29) is 40.0 Å². The Morgan fingerprint density at radius 2 is 1.92 bits per heavy atom. The first-order valence-electron chi connectivity index (χ1n) is 10.4. The SMILES string of the molecule is CCOCC(=O)COc1ncccc1Oc1nc(NC(=O)N(C)/C(=C\C(C)=O)C(F)(F)F)c(F)cc1Cl. The topological polar surface area (TPSA) is 120 Å². The summed E-state index contributed by atoms with van der Waals surface area (Å²) in [5, 5.41) is 1.51. The number of allylic oxidation sites excluding steroid dienone is 2. The molecule has 2 rings (SSSR count). The summed E-state index contributed by atoms with van der Waals surface area (Å²) in [6.45, 7) is 2.33. The van der Waals surface area contributed by atoms with Gasteiger partial charge in [-0.25, -0.2) is 14.2 Å². The lowest BCUT2D eigenvalue weighted by Crippen LogP contribution is -2.37. The van der Waals surface area contributed by atoms with E-state index < -0.39 is 47.8 Å². The summed E-state index contributed by atoms with van der Waals surface area (Å²) in [6, 6.07) is 2.06. The standard InChI is InChI=1S/C22H21ClF4N4O6/c1-4-35-10-13(33)11-36-20-16(6-5-7-28-20)37-19-14(23)9-15(24)18(29-19)30-21(34)31(3)17(8-12(2)32)22(25,26)27/h5-9H,4,10-11H2,1-3H3,(H,29,30,34)/b17-8-. The maximum absolute atomic E-state index is 14.4. The van der Waals surface area contributed by atoms with Crippen molar-refractivity contribution in [3.05, 3.63) is 47.0 Å². The van der Waals surface area contributed by atoms with E-state index in [9.17, 15) is 31.9 Å². The minimum Gasteiger partial charge on any atom is -0.467 e. The smallest absolute Gasteiger partial charge is 0.431 e. The van der Waals surface area contributed by atoms with Gasteiger partial charge in [-0.2, -0.15) is 18.2 Å². The number of ether oxygens (including phenoxy) is 3. The van der Waals surface area contributed by atoms with Crippen molar-refractivity contribution in [2.45, 2.75) is 20.0 Å². The Hall–Kier alpha value is -3.78. The van der Waals surface area contributed by atoms with Gasteiger partial charge in [-0.1, -0.05) is 11.6 Å². The molecular weight excluding hydrogens is 528 g/mol. The number of pyridine rings is 2. The zero-order valence-electron chi connectivity index (χ0n) is 19.7. The number of hydrogen-bond donors (Lipinski definition) is 1. The average Bonchev–Trinajstić information content (AvgIpc) is 2.82. The fourth-order valence-electron chi connectivity index (χ4n) is 2.54. The number of carbonyl (C=O) groups excluding carboxylic acids is 3. The van der Waals surface area contributed by atoms with Crippen LogP contribution in [0.3, 0.4) is 0 Å². The first-order chi connectivity index (χ1) is 17.3. The van der Waals surface area contributed by atoms with Crippen LogP contribution in [0, 0.1) is 5.82 Å². The highest BCUT2D eigenvalue weighted by atomic mass is 35.5. The van der Waals surface area contributed by atoms with Crippen molar-refractivity contribution in [3.63, 3.8) is 0 Å². The zero-order valence-corrected chi connectivity index (χ0v) is 20.4. The Morgan fingerprint density at radius 3 is 2.54 bits per heavy atom. The number of amides is 2. The number of halogens is 5. The van der Waals surface area contributed by atoms with Crippen LogP contribution in [-0.2, 0) is 14.3 Å². The molecule has 0 radical (unpaired) electrons. The third-order valence-corrected chi connectivity index (χ3v) is 4.47. The molecular formula is C22H21ClF4N4O6. The van der Waals surface area contributed by atoms with E-state index in [1.165, 1.54) is 18.3 Å². The molecule has 15 heteroatoms. The largest absolute Gasteiger partial charge is 0.467 e. The van der Waals surface area contributed by atoms with Gasteiger partial charge in [-0.15, -0.1) is 0 Å². The maximum Gasteiger partial charge on any atom is 0.431 e. The van der Waals surface area contributed by atoms with Gasteiger partial charge in [0.15, 0.2) is 35.6 Å². The predicted octanol–water partition coefficient (Wildman–Crippen LogP) is 4.54. The second-order valence-corrected chi connectivity index (χ2v) is 7.51. The summed E-state index contributed by atoms with van der Waals surface area (Å²) < 4.78 is 70.0. The number of anilines is 1. The number of rotatable bonds is 11. The van der Waals surface area contributed by atoms with Crippen LogP contribution in [0.1, 0.15) is 13.8 Å². The van der Waals surface area contributed by atoms with Crippen LogP contribution >= 0.6 is 11.6 Å². The number of nitrogens with one attached hydrogen (secondary N) is 1. The summed E-state index contributed by atoms with van der Waals surface area (Å²) in [5.41, 5.74) is -1.58. The fraction of sp³-hybridized carbons (Fsp3) is 0.318. The number of hydrogen-bond acceptors (Lipinski definition) is 8. The van der Waals surface area contributed by atoms with E-state index in [0.29, 0.717) is 12.7 Å². The van der Waals surface area contributed by atoms with Crippen molar-refractivity contribution in [3.8, 4) is 17.5 Å². The van der Waals surface area contributed by atoms with E-state index in [0.717, 1.165) is 14.0 Å². The first kappa shape index (κ1) is 29.5. The second-order valence-electron chi connectivity index (χ2n) is 7.11. The maximum atomic E-state index is 14.4. The molecule has 0 aliphatic carbocycles. The van der Waals surface area contributed by atoms with Crippen molar-refractivity contribution in [2.24, 2.45) is 0 Å². The minimum absolute atomic E-state index is 0.0734. The summed E-state index contributed by atoms with van der Waals surface area (Å²) in [5.74, 6) is -4.06. The molecule has 0 saturated heterocycles. The third kappa shape index (κ3) is 8.68. The van der Waals surface area contributed by atoms with Crippen LogP contribution in [0.2, 0.25) is 5.02 Å². The molecule has 2 aromatic rings. The van der Waals surface area contributed by atoms with E-state index in [1.54, 1.807) is 6.92 Å². The molecule has 0 aliphatic rings. The highest BCUT2D eigenvalue weighted by molar-refractivity contribution is 6.31. The first-order valence-corrected chi connectivity index (χ1v) is 10.8. The number of aromatic nitrogens is 2. The van der Waals surface area contributed by atoms with Gasteiger partial charge in [0.05, 0.1) is 0 Å². The van der Waals surface area contributed by atoms with Crippen molar-refractivity contribution in [2.75, 3.05) is 32.2 Å². The summed E-state index contributed by atoms with van der Waals surface area (Å²) in [6.07, 6.45) is -3.51. The van der Waals surface area contributed by atoms with Crippen molar-refractivity contribution in [1.82, 2.24) is 14.9 Å². The molecule has 0 aliphatic heterocycles. The highest BCUT2D eigenvalue weighted by Gasteiger charge is 2.39. The molecule has 0 aromatic carbocycles. The van der Waals surface area contributed by atoms with Crippen LogP contribution in [0.15, 0.2) is 36.2 Å². The molecule has 1 N–H and O–H groups in total. The quantitative estimate of drug-likeness (QED) is 0.321. The molecule has 0 bridgehead atoms. The molecule has 2 aromatic heterocycles. The van der Waals surface area contributed by atoms with Gasteiger partial charge in [0.1, 0.15) is 17.3 Å². The molecule has 10 nitrogen and oxygen atoms in total. The highest BCUT2D eigenvalue weighted by Crippen LogP contribution is 2.34. The average molecular weight is 549 g/mol. The van der Waals surface area contributed by atoms with Crippen LogP contribution in [-0.4, -0.2) is 65.5 Å². The number of urea groups is 1. The van der Waals surface area contributed by atoms with E-state index in [2.05, 4.69) is 9.97 Å². The fourth-order valence-corrected chi connectivity index (χ4v) is 2.71. The lowest BCUT2D eigenvalue weighted by Gasteiger charge is -2.23. The molecule has 0 atom stereocenters. The van der Waals surface area contributed by atoms with Crippen molar-refractivity contribution >= 4 is 35.0 Å². The number of Topliss-reactive ketones (excluding diaryl/α,β-unsaturated/α-hetero) is 1. The van der Waals surface area contributed by atoms with Crippen molar-refractivity contribution < 1.29 is 46.2 Å². The number of alkyl halides is 3. The lowest BCUT2D eigenvalue weighted by atomic mass is 10.3. The normalized spacial score (nSPS) is 11.6. The van der Waals surface area contributed by atoms with Crippen LogP contribution < -0.4 is 14.8 Å². The summed E-state index contributed by atoms with van der Waals surface area (Å²) >= 11 is 5.98.